The van der Waals surface area contributed by atoms with Crippen molar-refractivity contribution in [1.29, 1.82) is 0 Å². The molecule has 168 valence electrons. The first-order valence-electron chi connectivity index (χ1n) is 10.0. The van der Waals surface area contributed by atoms with E-state index in [2.05, 4.69) is 10.0 Å². The Morgan fingerprint density at radius 1 is 0.969 bits per heavy atom. The summed E-state index contributed by atoms with van der Waals surface area (Å²) in [7, 11) is -3.75. The molecule has 0 saturated carbocycles. The zero-order valence-electron chi connectivity index (χ0n) is 18.1. The summed E-state index contributed by atoms with van der Waals surface area (Å²) in [6, 6.07) is 16.7. The van der Waals surface area contributed by atoms with Crippen LogP contribution in [0.3, 0.4) is 0 Å². The lowest BCUT2D eigenvalue weighted by molar-refractivity contribution is -0.123. The number of hydrogen-bond donors (Lipinski definition) is 2. The van der Waals surface area contributed by atoms with Crippen LogP contribution < -0.4 is 14.8 Å². The number of benzene rings is 3. The van der Waals surface area contributed by atoms with E-state index in [0.717, 1.165) is 16.7 Å². The molecule has 3 rings (SSSR count). The summed E-state index contributed by atoms with van der Waals surface area (Å²) in [5.74, 6) is -0.333. The van der Waals surface area contributed by atoms with E-state index < -0.39 is 10.0 Å². The van der Waals surface area contributed by atoms with Crippen LogP contribution in [0, 0.1) is 19.7 Å². The van der Waals surface area contributed by atoms with Gasteiger partial charge in [0.05, 0.1) is 10.9 Å². The Morgan fingerprint density at radius 3 is 2.25 bits per heavy atom. The van der Waals surface area contributed by atoms with Gasteiger partial charge in [-0.1, -0.05) is 18.2 Å². The molecular formula is C24H25FN2O4S. The second-order valence-electron chi connectivity index (χ2n) is 7.51. The quantitative estimate of drug-likeness (QED) is 0.523. The number of rotatable bonds is 8. The van der Waals surface area contributed by atoms with Gasteiger partial charge in [-0.15, -0.1) is 0 Å². The number of carbonyl (C=O) groups is 1. The monoisotopic (exact) mass is 456 g/mol. The van der Waals surface area contributed by atoms with Crippen LogP contribution in [-0.4, -0.2) is 20.9 Å². The fourth-order valence-electron chi connectivity index (χ4n) is 3.00. The highest BCUT2D eigenvalue weighted by molar-refractivity contribution is 7.92. The van der Waals surface area contributed by atoms with Crippen molar-refractivity contribution in [3.63, 3.8) is 0 Å². The SMILES string of the molecule is Cc1ccc(NS(=O)(=O)c2ccc(OCC(=O)N[C@@H](C)c3ccc(F)cc3)cc2)cc1C. The van der Waals surface area contributed by atoms with Crippen molar-refractivity contribution in [2.24, 2.45) is 0 Å². The Kier molecular flexibility index (Phi) is 7.15. The standard InChI is InChI=1S/C24H25FN2O4S/c1-16-4-9-21(14-17(16)2)27-32(29,30)23-12-10-22(11-13-23)31-15-24(28)26-18(3)19-5-7-20(25)8-6-19/h4-14,18,27H,15H2,1-3H3,(H,26,28)/t18-/m0/s1. The lowest BCUT2D eigenvalue weighted by atomic mass is 10.1. The number of hydrogen-bond acceptors (Lipinski definition) is 4. The largest absolute Gasteiger partial charge is 0.484 e. The van der Waals surface area contributed by atoms with Crippen LogP contribution in [0.15, 0.2) is 71.6 Å². The lowest BCUT2D eigenvalue weighted by Crippen LogP contribution is -2.31. The Hall–Kier alpha value is -3.39. The average Bonchev–Trinajstić information content (AvgIpc) is 2.75. The van der Waals surface area contributed by atoms with Crippen molar-refractivity contribution in [2.45, 2.75) is 31.7 Å². The maximum absolute atomic E-state index is 13.0. The van der Waals surface area contributed by atoms with Gasteiger partial charge in [0, 0.05) is 5.69 Å². The molecule has 0 unspecified atom stereocenters. The summed E-state index contributed by atoms with van der Waals surface area (Å²) in [6.45, 7) is 5.41. The highest BCUT2D eigenvalue weighted by Crippen LogP contribution is 2.21. The highest BCUT2D eigenvalue weighted by Gasteiger charge is 2.15. The summed E-state index contributed by atoms with van der Waals surface area (Å²) in [6.07, 6.45) is 0. The number of anilines is 1. The molecule has 0 aliphatic heterocycles. The summed E-state index contributed by atoms with van der Waals surface area (Å²) in [5, 5.41) is 2.76. The van der Waals surface area contributed by atoms with Gasteiger partial charge >= 0.3 is 0 Å². The third-order valence-corrected chi connectivity index (χ3v) is 6.41. The van der Waals surface area contributed by atoms with E-state index in [1.165, 1.54) is 36.4 Å². The third kappa shape index (κ3) is 6.07. The van der Waals surface area contributed by atoms with Gasteiger partial charge in [0.1, 0.15) is 11.6 Å². The van der Waals surface area contributed by atoms with Gasteiger partial charge in [-0.2, -0.15) is 0 Å². The molecule has 0 saturated heterocycles. The normalized spacial score (nSPS) is 12.1. The van der Waals surface area contributed by atoms with Crippen LogP contribution in [0.5, 0.6) is 5.75 Å². The van der Waals surface area contributed by atoms with Gasteiger partial charge < -0.3 is 10.1 Å². The number of nitrogens with one attached hydrogen (secondary N) is 2. The number of halogens is 1. The summed E-state index contributed by atoms with van der Waals surface area (Å²) in [5.41, 5.74) is 3.32. The molecule has 3 aromatic rings. The Morgan fingerprint density at radius 2 is 1.62 bits per heavy atom. The fourth-order valence-corrected chi connectivity index (χ4v) is 4.05. The van der Waals surface area contributed by atoms with Crippen LogP contribution in [0.2, 0.25) is 0 Å². The molecule has 0 fully saturated rings. The molecule has 1 amide bonds. The second kappa shape index (κ2) is 9.82. The van der Waals surface area contributed by atoms with Crippen molar-refractivity contribution < 1.29 is 22.3 Å². The van der Waals surface area contributed by atoms with E-state index in [1.54, 1.807) is 31.2 Å². The Bertz CT molecular complexity index is 1190. The van der Waals surface area contributed by atoms with E-state index in [9.17, 15) is 17.6 Å². The minimum Gasteiger partial charge on any atom is -0.484 e. The van der Waals surface area contributed by atoms with Crippen LogP contribution in [-0.2, 0) is 14.8 Å². The van der Waals surface area contributed by atoms with E-state index in [-0.39, 0.29) is 29.3 Å². The van der Waals surface area contributed by atoms with Crippen LogP contribution in [0.25, 0.3) is 0 Å². The predicted molar refractivity (Wildman–Crippen MR) is 122 cm³/mol. The topological polar surface area (TPSA) is 84.5 Å². The molecule has 6 nitrogen and oxygen atoms in total. The molecule has 0 radical (unpaired) electrons. The van der Waals surface area contributed by atoms with Gasteiger partial charge in [0.15, 0.2) is 6.61 Å². The zero-order valence-corrected chi connectivity index (χ0v) is 18.9. The molecule has 0 heterocycles. The van der Waals surface area contributed by atoms with Crippen molar-refractivity contribution in [2.75, 3.05) is 11.3 Å². The Labute approximate surface area is 187 Å². The number of amides is 1. The molecule has 0 aliphatic carbocycles. The Balaban J connectivity index is 1.56. The van der Waals surface area contributed by atoms with Crippen LogP contribution >= 0.6 is 0 Å². The minimum atomic E-state index is -3.75. The van der Waals surface area contributed by atoms with E-state index >= 15 is 0 Å². The van der Waals surface area contributed by atoms with Gasteiger partial charge in [0.2, 0.25) is 0 Å². The number of aryl methyl sites for hydroxylation is 2. The molecule has 8 heteroatoms. The van der Waals surface area contributed by atoms with Crippen molar-refractivity contribution in [3.8, 4) is 5.75 Å². The summed E-state index contributed by atoms with van der Waals surface area (Å²) in [4.78, 5) is 12.2. The van der Waals surface area contributed by atoms with E-state index in [1.807, 2.05) is 19.9 Å². The molecular weight excluding hydrogens is 431 g/mol. The van der Waals surface area contributed by atoms with Gasteiger partial charge in [0.25, 0.3) is 15.9 Å². The maximum atomic E-state index is 13.0. The lowest BCUT2D eigenvalue weighted by Gasteiger charge is -2.15. The third-order valence-electron chi connectivity index (χ3n) is 5.01. The van der Waals surface area contributed by atoms with Crippen molar-refractivity contribution in [1.82, 2.24) is 5.32 Å². The fraction of sp³-hybridized carbons (Fsp3) is 0.208. The minimum absolute atomic E-state index is 0.0810. The molecule has 3 aromatic carbocycles. The predicted octanol–water partition coefficient (Wildman–Crippen LogP) is 4.50. The number of carbonyl (C=O) groups excluding carboxylic acids is 1. The highest BCUT2D eigenvalue weighted by atomic mass is 32.2. The molecule has 0 aromatic heterocycles. The summed E-state index contributed by atoms with van der Waals surface area (Å²) < 4.78 is 46.2. The van der Waals surface area contributed by atoms with Gasteiger partial charge in [-0.25, -0.2) is 12.8 Å². The first-order valence-corrected chi connectivity index (χ1v) is 11.5. The van der Waals surface area contributed by atoms with Crippen LogP contribution in [0.1, 0.15) is 29.7 Å². The van der Waals surface area contributed by atoms with E-state index in [4.69, 9.17) is 4.74 Å². The average molecular weight is 457 g/mol. The number of ether oxygens (including phenoxy) is 1. The second-order valence-corrected chi connectivity index (χ2v) is 9.19. The molecule has 2 N–H and O–H groups in total. The van der Waals surface area contributed by atoms with E-state index in [0.29, 0.717) is 11.4 Å². The van der Waals surface area contributed by atoms with Crippen LogP contribution in [0.4, 0.5) is 10.1 Å². The molecule has 0 bridgehead atoms. The molecule has 0 aliphatic rings. The first-order chi connectivity index (χ1) is 15.1. The van der Waals surface area contributed by atoms with Crippen molar-refractivity contribution >= 4 is 21.6 Å². The molecule has 0 spiro atoms. The number of sulfonamides is 1. The van der Waals surface area contributed by atoms with Gasteiger partial charge in [-0.3, -0.25) is 9.52 Å². The maximum Gasteiger partial charge on any atom is 0.261 e. The first kappa shape index (κ1) is 23.3. The van der Waals surface area contributed by atoms with Crippen molar-refractivity contribution in [3.05, 3.63) is 89.2 Å². The zero-order chi connectivity index (χ0) is 23.3. The summed E-state index contributed by atoms with van der Waals surface area (Å²) >= 11 is 0. The van der Waals surface area contributed by atoms with Gasteiger partial charge in [-0.05, 0) is 86.0 Å². The molecule has 32 heavy (non-hydrogen) atoms. The smallest absolute Gasteiger partial charge is 0.261 e. The molecule has 1 atom stereocenters.